The van der Waals surface area contributed by atoms with Crippen molar-refractivity contribution in [2.75, 3.05) is 0 Å². The van der Waals surface area contributed by atoms with Crippen LogP contribution in [-0.2, 0) is 12.8 Å². The zero-order chi connectivity index (χ0) is 12.3. The van der Waals surface area contributed by atoms with Gasteiger partial charge < -0.3 is 0 Å². The Hall–Kier alpha value is -2.15. The fraction of sp³-hybridized carbons (Fsp3) is 0.308. The lowest BCUT2D eigenvalue weighted by molar-refractivity contribution is 0.963. The number of aromatic amines is 1. The number of nitriles is 1. The SMILES string of the molecule is Cc1cc(C)cc(Cc2nc(CC#N)n[nH]2)c1. The van der Waals surface area contributed by atoms with Crippen molar-refractivity contribution in [2.45, 2.75) is 26.7 Å². The van der Waals surface area contributed by atoms with Gasteiger partial charge in [0.2, 0.25) is 0 Å². The highest BCUT2D eigenvalue weighted by Gasteiger charge is 2.04. The molecule has 1 aromatic carbocycles. The van der Waals surface area contributed by atoms with Crippen molar-refractivity contribution in [2.24, 2.45) is 0 Å². The molecule has 17 heavy (non-hydrogen) atoms. The molecule has 2 rings (SSSR count). The van der Waals surface area contributed by atoms with E-state index in [2.05, 4.69) is 47.2 Å². The van der Waals surface area contributed by atoms with E-state index < -0.39 is 0 Å². The summed E-state index contributed by atoms with van der Waals surface area (Å²) < 4.78 is 0. The fourth-order valence-corrected chi connectivity index (χ4v) is 1.93. The van der Waals surface area contributed by atoms with Gasteiger partial charge in [0, 0.05) is 6.42 Å². The van der Waals surface area contributed by atoms with E-state index in [0.717, 1.165) is 12.2 Å². The summed E-state index contributed by atoms with van der Waals surface area (Å²) in [6.07, 6.45) is 0.976. The maximum Gasteiger partial charge on any atom is 0.164 e. The van der Waals surface area contributed by atoms with Gasteiger partial charge in [0.25, 0.3) is 0 Å². The van der Waals surface area contributed by atoms with E-state index in [1.807, 2.05) is 6.07 Å². The van der Waals surface area contributed by atoms with Crippen LogP contribution in [0.1, 0.15) is 28.3 Å². The lowest BCUT2D eigenvalue weighted by Crippen LogP contribution is -1.93. The Morgan fingerprint density at radius 2 is 1.94 bits per heavy atom. The highest BCUT2D eigenvalue weighted by molar-refractivity contribution is 5.30. The number of nitrogens with zero attached hydrogens (tertiary/aromatic N) is 3. The average Bonchev–Trinajstić information content (AvgIpc) is 2.64. The van der Waals surface area contributed by atoms with Crippen LogP contribution in [0.25, 0.3) is 0 Å². The molecule has 4 heteroatoms. The largest absolute Gasteiger partial charge is 0.263 e. The Balaban J connectivity index is 2.17. The van der Waals surface area contributed by atoms with Crippen molar-refractivity contribution in [1.29, 1.82) is 5.26 Å². The maximum absolute atomic E-state index is 8.55. The molecule has 0 radical (unpaired) electrons. The minimum absolute atomic E-state index is 0.253. The second-order valence-corrected chi connectivity index (χ2v) is 4.21. The Bertz CT molecular complexity index is 543. The minimum atomic E-state index is 0.253. The Morgan fingerprint density at radius 3 is 2.59 bits per heavy atom. The van der Waals surface area contributed by atoms with E-state index in [-0.39, 0.29) is 6.42 Å². The number of hydrogen-bond acceptors (Lipinski definition) is 3. The summed E-state index contributed by atoms with van der Waals surface area (Å²) in [6.45, 7) is 4.16. The number of hydrogen-bond donors (Lipinski definition) is 1. The first-order valence-corrected chi connectivity index (χ1v) is 5.51. The molecule has 4 nitrogen and oxygen atoms in total. The van der Waals surface area contributed by atoms with Crippen LogP contribution in [0.3, 0.4) is 0 Å². The fourth-order valence-electron chi connectivity index (χ4n) is 1.93. The van der Waals surface area contributed by atoms with Crippen LogP contribution >= 0.6 is 0 Å². The first kappa shape index (κ1) is 11.3. The molecule has 0 saturated carbocycles. The summed E-state index contributed by atoms with van der Waals surface area (Å²) in [5, 5.41) is 15.4. The van der Waals surface area contributed by atoms with Crippen LogP contribution in [0.2, 0.25) is 0 Å². The van der Waals surface area contributed by atoms with Gasteiger partial charge >= 0.3 is 0 Å². The van der Waals surface area contributed by atoms with Gasteiger partial charge in [-0.1, -0.05) is 29.3 Å². The zero-order valence-corrected chi connectivity index (χ0v) is 9.99. The first-order chi connectivity index (χ1) is 8.17. The topological polar surface area (TPSA) is 65.4 Å². The zero-order valence-electron chi connectivity index (χ0n) is 9.99. The summed E-state index contributed by atoms with van der Waals surface area (Å²) in [5.41, 5.74) is 3.70. The average molecular weight is 226 g/mol. The van der Waals surface area contributed by atoms with Gasteiger partial charge in [0.1, 0.15) is 5.82 Å². The molecular formula is C13H14N4. The molecule has 0 aliphatic carbocycles. The van der Waals surface area contributed by atoms with Crippen molar-refractivity contribution >= 4 is 0 Å². The second kappa shape index (κ2) is 4.79. The summed E-state index contributed by atoms with van der Waals surface area (Å²) in [5.74, 6) is 1.37. The lowest BCUT2D eigenvalue weighted by atomic mass is 10.1. The molecule has 2 aromatic rings. The van der Waals surface area contributed by atoms with Gasteiger partial charge in [-0.2, -0.15) is 10.4 Å². The molecular weight excluding hydrogens is 212 g/mol. The van der Waals surface area contributed by atoms with Crippen molar-refractivity contribution in [3.63, 3.8) is 0 Å². The van der Waals surface area contributed by atoms with Crippen LogP contribution in [-0.4, -0.2) is 15.2 Å². The van der Waals surface area contributed by atoms with E-state index in [9.17, 15) is 0 Å². The standard InChI is InChI=1S/C13H14N4/c1-9-5-10(2)7-11(6-9)8-13-15-12(3-4-14)16-17-13/h5-7H,3,8H2,1-2H3,(H,15,16,17). The number of rotatable bonds is 3. The van der Waals surface area contributed by atoms with Gasteiger partial charge in [-0.3, -0.25) is 5.10 Å². The summed E-state index contributed by atoms with van der Waals surface area (Å²) >= 11 is 0. The Kier molecular flexibility index (Phi) is 3.20. The highest BCUT2D eigenvalue weighted by atomic mass is 15.2. The molecule has 0 spiro atoms. The molecule has 0 aliphatic heterocycles. The predicted octanol–water partition coefficient (Wildman–Crippen LogP) is 2.08. The van der Waals surface area contributed by atoms with Gasteiger partial charge in [0.15, 0.2) is 5.82 Å². The van der Waals surface area contributed by atoms with Crippen LogP contribution in [0.4, 0.5) is 0 Å². The molecule has 0 unspecified atom stereocenters. The van der Waals surface area contributed by atoms with E-state index >= 15 is 0 Å². The number of H-pyrrole nitrogens is 1. The molecule has 0 bridgehead atoms. The highest BCUT2D eigenvalue weighted by Crippen LogP contribution is 2.11. The molecule has 0 saturated heterocycles. The van der Waals surface area contributed by atoms with Gasteiger partial charge in [-0.25, -0.2) is 4.98 Å². The minimum Gasteiger partial charge on any atom is -0.263 e. The number of aryl methyl sites for hydroxylation is 2. The van der Waals surface area contributed by atoms with Gasteiger partial charge in [-0.05, 0) is 19.4 Å². The summed E-state index contributed by atoms with van der Waals surface area (Å²) in [6, 6.07) is 8.46. The van der Waals surface area contributed by atoms with Crippen LogP contribution < -0.4 is 0 Å². The van der Waals surface area contributed by atoms with Crippen LogP contribution in [0, 0.1) is 25.2 Å². The smallest absolute Gasteiger partial charge is 0.164 e. The van der Waals surface area contributed by atoms with E-state index in [1.54, 1.807) is 0 Å². The quantitative estimate of drug-likeness (QED) is 0.871. The number of benzene rings is 1. The van der Waals surface area contributed by atoms with E-state index in [1.165, 1.54) is 16.7 Å². The third kappa shape index (κ3) is 2.91. The Labute approximate surface area is 100 Å². The molecule has 0 fully saturated rings. The van der Waals surface area contributed by atoms with Crippen LogP contribution in [0.5, 0.6) is 0 Å². The molecule has 0 aliphatic rings. The van der Waals surface area contributed by atoms with Gasteiger partial charge in [-0.15, -0.1) is 0 Å². The third-order valence-corrected chi connectivity index (χ3v) is 2.47. The number of nitrogens with one attached hydrogen (secondary N) is 1. The van der Waals surface area contributed by atoms with Crippen molar-refractivity contribution in [3.05, 3.63) is 46.5 Å². The molecule has 0 atom stereocenters. The predicted molar refractivity (Wildman–Crippen MR) is 64.4 cm³/mol. The van der Waals surface area contributed by atoms with Gasteiger partial charge in [0.05, 0.1) is 12.5 Å². The second-order valence-electron chi connectivity index (χ2n) is 4.21. The Morgan fingerprint density at radius 1 is 1.24 bits per heavy atom. The van der Waals surface area contributed by atoms with Crippen molar-refractivity contribution in [1.82, 2.24) is 15.2 Å². The van der Waals surface area contributed by atoms with Crippen molar-refractivity contribution < 1.29 is 0 Å². The lowest BCUT2D eigenvalue weighted by Gasteiger charge is -2.02. The van der Waals surface area contributed by atoms with E-state index in [0.29, 0.717) is 5.82 Å². The maximum atomic E-state index is 8.55. The number of aromatic nitrogens is 3. The molecule has 1 aromatic heterocycles. The summed E-state index contributed by atoms with van der Waals surface area (Å²) in [7, 11) is 0. The molecule has 1 heterocycles. The monoisotopic (exact) mass is 226 g/mol. The van der Waals surface area contributed by atoms with E-state index in [4.69, 9.17) is 5.26 Å². The first-order valence-electron chi connectivity index (χ1n) is 5.51. The molecule has 1 N–H and O–H groups in total. The third-order valence-electron chi connectivity index (χ3n) is 2.47. The molecule has 0 amide bonds. The van der Waals surface area contributed by atoms with Crippen molar-refractivity contribution in [3.8, 4) is 6.07 Å². The summed E-state index contributed by atoms with van der Waals surface area (Å²) in [4.78, 5) is 4.27. The normalized spacial score (nSPS) is 10.2. The molecule has 86 valence electrons. The van der Waals surface area contributed by atoms with Crippen LogP contribution in [0.15, 0.2) is 18.2 Å².